The molecule has 2 aromatic carbocycles. The van der Waals surface area contributed by atoms with E-state index in [1.165, 1.54) is 44.9 Å². The first-order valence-corrected chi connectivity index (χ1v) is 13.5. The van der Waals surface area contributed by atoms with Gasteiger partial charge in [0.05, 0.1) is 18.7 Å². The van der Waals surface area contributed by atoms with Crippen LogP contribution in [0.5, 0.6) is 5.75 Å². The summed E-state index contributed by atoms with van der Waals surface area (Å²) in [5, 5.41) is 11.2. The number of hydrogen-bond donors (Lipinski definition) is 1. The van der Waals surface area contributed by atoms with Crippen molar-refractivity contribution in [1.82, 2.24) is 4.90 Å². The van der Waals surface area contributed by atoms with Gasteiger partial charge in [-0.15, -0.1) is 0 Å². The number of likely N-dealkylation sites (tertiary alicyclic amines) is 1. The Morgan fingerprint density at radius 1 is 0.833 bits per heavy atom. The topological polar surface area (TPSA) is 66.8 Å². The predicted molar refractivity (Wildman–Crippen MR) is 145 cm³/mol. The van der Waals surface area contributed by atoms with E-state index in [0.717, 1.165) is 30.4 Å². The first-order chi connectivity index (χ1) is 17.5. The normalized spacial score (nSPS) is 17.1. The highest BCUT2D eigenvalue weighted by molar-refractivity contribution is 6.46. The van der Waals surface area contributed by atoms with Crippen molar-refractivity contribution in [2.75, 3.05) is 13.7 Å². The fourth-order valence-electron chi connectivity index (χ4n) is 4.88. The van der Waals surface area contributed by atoms with Gasteiger partial charge in [-0.2, -0.15) is 0 Å². The molecule has 0 aromatic heterocycles. The van der Waals surface area contributed by atoms with E-state index in [1.807, 2.05) is 31.2 Å². The lowest BCUT2D eigenvalue weighted by Gasteiger charge is -2.25. The van der Waals surface area contributed by atoms with Crippen LogP contribution in [0.25, 0.3) is 5.76 Å². The lowest BCUT2D eigenvalue weighted by atomic mass is 9.94. The maximum atomic E-state index is 13.2. The van der Waals surface area contributed by atoms with Gasteiger partial charge in [-0.1, -0.05) is 94.5 Å². The molecule has 1 aliphatic rings. The number of aliphatic hydroxyl groups excluding tert-OH is 1. The highest BCUT2D eigenvalue weighted by Gasteiger charge is 2.45. The van der Waals surface area contributed by atoms with Gasteiger partial charge in [0.1, 0.15) is 11.5 Å². The number of methoxy groups -OCH3 is 1. The van der Waals surface area contributed by atoms with Crippen molar-refractivity contribution < 1.29 is 19.4 Å². The van der Waals surface area contributed by atoms with E-state index in [-0.39, 0.29) is 11.3 Å². The third-order valence-electron chi connectivity index (χ3n) is 7.05. The number of aliphatic hydroxyl groups is 1. The summed E-state index contributed by atoms with van der Waals surface area (Å²) >= 11 is 0. The van der Waals surface area contributed by atoms with E-state index >= 15 is 0 Å². The minimum atomic E-state index is -0.624. The Balaban J connectivity index is 1.72. The number of hydrogen-bond acceptors (Lipinski definition) is 4. The van der Waals surface area contributed by atoms with Gasteiger partial charge in [0.2, 0.25) is 0 Å². The molecular weight excluding hydrogens is 450 g/mol. The van der Waals surface area contributed by atoms with Crippen LogP contribution in [0.15, 0.2) is 54.1 Å². The molecule has 1 aliphatic heterocycles. The Labute approximate surface area is 216 Å². The molecule has 1 amide bonds. The van der Waals surface area contributed by atoms with Crippen LogP contribution in [-0.4, -0.2) is 35.4 Å². The molecule has 1 fully saturated rings. The van der Waals surface area contributed by atoms with E-state index in [4.69, 9.17) is 4.74 Å². The highest BCUT2D eigenvalue weighted by Crippen LogP contribution is 2.39. The summed E-state index contributed by atoms with van der Waals surface area (Å²) in [6.07, 6.45) is 12.0. The largest absolute Gasteiger partial charge is 0.507 e. The average Bonchev–Trinajstić information content (AvgIpc) is 3.14. The van der Waals surface area contributed by atoms with Gasteiger partial charge >= 0.3 is 0 Å². The fourth-order valence-corrected chi connectivity index (χ4v) is 4.88. The Bertz CT molecular complexity index is 1020. The molecule has 2 aromatic rings. The summed E-state index contributed by atoms with van der Waals surface area (Å²) in [5.74, 6) is -0.650. The Morgan fingerprint density at radius 2 is 1.39 bits per heavy atom. The summed E-state index contributed by atoms with van der Waals surface area (Å²) in [6.45, 7) is 4.74. The molecule has 5 nitrogen and oxygen atoms in total. The SMILES string of the molecule is CCCCCCCCCCCCN1C(=O)C(=O)C(=C(O)c2ccc(OC)cc2)[C@@H]1c1ccc(C)cc1. The second kappa shape index (κ2) is 13.9. The van der Waals surface area contributed by atoms with E-state index < -0.39 is 17.7 Å². The zero-order valence-electron chi connectivity index (χ0n) is 22.1. The van der Waals surface area contributed by atoms with Crippen LogP contribution in [0.1, 0.15) is 93.9 Å². The molecule has 0 radical (unpaired) electrons. The molecule has 36 heavy (non-hydrogen) atoms. The number of ketones is 1. The maximum Gasteiger partial charge on any atom is 0.295 e. The fraction of sp³-hybridized carbons (Fsp3) is 0.484. The first kappa shape index (κ1) is 27.5. The van der Waals surface area contributed by atoms with Crippen molar-refractivity contribution in [2.24, 2.45) is 0 Å². The Kier molecular flexibility index (Phi) is 10.6. The van der Waals surface area contributed by atoms with Gasteiger partial charge in [0, 0.05) is 12.1 Å². The Hall–Kier alpha value is -3.08. The average molecular weight is 492 g/mol. The maximum absolute atomic E-state index is 13.2. The van der Waals surface area contributed by atoms with Crippen LogP contribution in [0.4, 0.5) is 0 Å². The minimum Gasteiger partial charge on any atom is -0.507 e. The molecule has 0 saturated carbocycles. The van der Waals surface area contributed by atoms with Gasteiger partial charge in [-0.3, -0.25) is 9.59 Å². The molecule has 3 rings (SSSR count). The molecule has 0 spiro atoms. The second-order valence-electron chi connectivity index (χ2n) is 9.81. The van der Waals surface area contributed by atoms with E-state index in [0.29, 0.717) is 17.9 Å². The van der Waals surface area contributed by atoms with Crippen LogP contribution in [0, 0.1) is 6.92 Å². The van der Waals surface area contributed by atoms with Crippen LogP contribution in [0.2, 0.25) is 0 Å². The quantitative estimate of drug-likeness (QED) is 0.130. The predicted octanol–water partition coefficient (Wildman–Crippen LogP) is 7.35. The number of nitrogens with zero attached hydrogens (tertiary/aromatic N) is 1. The second-order valence-corrected chi connectivity index (χ2v) is 9.81. The monoisotopic (exact) mass is 491 g/mol. The van der Waals surface area contributed by atoms with Crippen molar-refractivity contribution in [2.45, 2.75) is 84.1 Å². The van der Waals surface area contributed by atoms with Crippen LogP contribution >= 0.6 is 0 Å². The van der Waals surface area contributed by atoms with Crippen molar-refractivity contribution >= 4 is 17.4 Å². The molecule has 0 aliphatic carbocycles. The standard InChI is InChI=1S/C31H41NO4/c1-4-5-6-7-8-9-10-11-12-13-22-32-28(24-16-14-23(2)15-17-24)27(30(34)31(32)35)29(33)25-18-20-26(36-3)21-19-25/h14-21,28,33H,4-13,22H2,1-3H3/t28-/m0/s1. The highest BCUT2D eigenvalue weighted by atomic mass is 16.5. The molecule has 194 valence electrons. The molecule has 0 bridgehead atoms. The van der Waals surface area contributed by atoms with Gasteiger partial charge in [0.15, 0.2) is 0 Å². The zero-order chi connectivity index (χ0) is 25.9. The van der Waals surface area contributed by atoms with Crippen molar-refractivity contribution in [1.29, 1.82) is 0 Å². The lowest BCUT2D eigenvalue weighted by Crippen LogP contribution is -2.30. The van der Waals surface area contributed by atoms with E-state index in [9.17, 15) is 14.7 Å². The first-order valence-electron chi connectivity index (χ1n) is 13.5. The Morgan fingerprint density at radius 3 is 1.94 bits per heavy atom. The number of aryl methyl sites for hydroxylation is 1. The number of amides is 1. The minimum absolute atomic E-state index is 0.146. The van der Waals surface area contributed by atoms with E-state index in [2.05, 4.69) is 6.92 Å². The zero-order valence-corrected chi connectivity index (χ0v) is 22.1. The number of benzene rings is 2. The third kappa shape index (κ3) is 6.99. The molecule has 1 heterocycles. The van der Waals surface area contributed by atoms with Gasteiger partial charge < -0.3 is 14.7 Å². The molecule has 0 unspecified atom stereocenters. The smallest absolute Gasteiger partial charge is 0.295 e. The lowest BCUT2D eigenvalue weighted by molar-refractivity contribution is -0.139. The number of rotatable bonds is 14. The number of unbranched alkanes of at least 4 members (excludes halogenated alkanes) is 9. The molecular formula is C31H41NO4. The van der Waals surface area contributed by atoms with Crippen LogP contribution < -0.4 is 4.74 Å². The molecule has 5 heteroatoms. The number of carbonyl (C=O) groups excluding carboxylic acids is 2. The van der Waals surface area contributed by atoms with Crippen molar-refractivity contribution in [3.8, 4) is 5.75 Å². The van der Waals surface area contributed by atoms with Gasteiger partial charge in [-0.25, -0.2) is 0 Å². The number of Topliss-reactive ketones (excluding diaryl/α,β-unsaturated/α-hetero) is 1. The number of ether oxygens (including phenoxy) is 1. The summed E-state index contributed by atoms with van der Waals surface area (Å²) < 4.78 is 5.21. The molecule has 1 atom stereocenters. The summed E-state index contributed by atoms with van der Waals surface area (Å²) in [5.41, 5.74) is 2.58. The summed E-state index contributed by atoms with van der Waals surface area (Å²) in [7, 11) is 1.57. The van der Waals surface area contributed by atoms with Crippen molar-refractivity contribution in [3.63, 3.8) is 0 Å². The van der Waals surface area contributed by atoms with E-state index in [1.54, 1.807) is 36.3 Å². The third-order valence-corrected chi connectivity index (χ3v) is 7.05. The molecule has 1 N–H and O–H groups in total. The van der Waals surface area contributed by atoms with Gasteiger partial charge in [0.25, 0.3) is 11.7 Å². The van der Waals surface area contributed by atoms with Crippen molar-refractivity contribution in [3.05, 3.63) is 70.8 Å². The van der Waals surface area contributed by atoms with Gasteiger partial charge in [-0.05, 0) is 43.2 Å². The number of carbonyl (C=O) groups is 2. The summed E-state index contributed by atoms with van der Waals surface area (Å²) in [4.78, 5) is 27.9. The van der Waals surface area contributed by atoms with Crippen LogP contribution in [0.3, 0.4) is 0 Å². The van der Waals surface area contributed by atoms with Crippen LogP contribution in [-0.2, 0) is 9.59 Å². The summed E-state index contributed by atoms with van der Waals surface area (Å²) in [6, 6.07) is 14.1. The molecule has 1 saturated heterocycles.